The summed E-state index contributed by atoms with van der Waals surface area (Å²) in [7, 11) is 0. The molecule has 2 aromatic heterocycles. The number of amides is 1. The maximum absolute atomic E-state index is 12.5. The first-order valence-electron chi connectivity index (χ1n) is 7.59. The summed E-state index contributed by atoms with van der Waals surface area (Å²) in [5, 5.41) is 18.3. The van der Waals surface area contributed by atoms with Crippen molar-refractivity contribution in [2.24, 2.45) is 0 Å². The lowest BCUT2D eigenvalue weighted by Crippen LogP contribution is -2.15. The molecule has 0 radical (unpaired) electrons. The molecule has 0 aliphatic carbocycles. The number of benzene rings is 2. The fourth-order valence-corrected chi connectivity index (χ4v) is 3.17. The number of nitrogens with zero attached hydrogens (tertiary/aromatic N) is 3. The van der Waals surface area contributed by atoms with Gasteiger partial charge in [0.15, 0.2) is 0 Å². The second-order valence-electron chi connectivity index (χ2n) is 5.55. The number of aromatic amines is 1. The molecular weight excluding hydrogens is 422 g/mol. The Morgan fingerprint density at radius 3 is 2.96 bits per heavy atom. The van der Waals surface area contributed by atoms with Gasteiger partial charge in [-0.05, 0) is 41.6 Å². The Morgan fingerprint density at radius 2 is 2.15 bits per heavy atom. The average Bonchev–Trinajstić information content (AvgIpc) is 3.27. The number of fused-ring (bicyclic) bond motifs is 1. The lowest BCUT2D eigenvalue weighted by Gasteiger charge is -2.09. The highest BCUT2D eigenvalue weighted by atomic mass is 79.9. The van der Waals surface area contributed by atoms with E-state index in [9.17, 15) is 4.79 Å². The van der Waals surface area contributed by atoms with Crippen LogP contribution in [0.5, 0.6) is 0 Å². The van der Waals surface area contributed by atoms with Crippen molar-refractivity contribution in [2.75, 3.05) is 5.32 Å². The van der Waals surface area contributed by atoms with Crippen LogP contribution in [0.1, 0.15) is 5.56 Å². The average molecular weight is 433 g/mol. The van der Waals surface area contributed by atoms with Gasteiger partial charge in [0.1, 0.15) is 5.58 Å². The third-order valence-corrected chi connectivity index (χ3v) is 4.54. The Hall–Kier alpha value is -2.71. The van der Waals surface area contributed by atoms with Crippen molar-refractivity contribution >= 4 is 50.1 Å². The smallest absolute Gasteiger partial charge is 0.228 e. The van der Waals surface area contributed by atoms with Crippen molar-refractivity contribution in [3.63, 3.8) is 0 Å². The van der Waals surface area contributed by atoms with E-state index in [2.05, 4.69) is 41.9 Å². The van der Waals surface area contributed by atoms with Crippen LogP contribution in [0.2, 0.25) is 5.02 Å². The second-order valence-corrected chi connectivity index (χ2v) is 6.90. The maximum atomic E-state index is 12.5. The largest absolute Gasteiger partial charge is 0.464 e. The number of carbonyl (C=O) groups excluding carboxylic acids is 1. The van der Waals surface area contributed by atoms with Crippen molar-refractivity contribution in [3.05, 3.63) is 57.7 Å². The maximum Gasteiger partial charge on any atom is 0.228 e. The zero-order valence-corrected chi connectivity index (χ0v) is 15.5. The highest BCUT2D eigenvalue weighted by molar-refractivity contribution is 9.10. The van der Waals surface area contributed by atoms with Crippen LogP contribution in [0.25, 0.3) is 22.4 Å². The number of H-pyrrole nitrogens is 1. The van der Waals surface area contributed by atoms with Crippen molar-refractivity contribution in [1.82, 2.24) is 20.6 Å². The van der Waals surface area contributed by atoms with Crippen molar-refractivity contribution in [1.29, 1.82) is 0 Å². The molecule has 0 aliphatic heterocycles. The Morgan fingerprint density at radius 1 is 1.27 bits per heavy atom. The number of nitrogens with one attached hydrogen (secondary N) is 2. The molecule has 2 N–H and O–H groups in total. The number of hydrogen-bond acceptors (Lipinski definition) is 5. The van der Waals surface area contributed by atoms with E-state index in [-0.39, 0.29) is 12.3 Å². The van der Waals surface area contributed by atoms with Gasteiger partial charge in [0, 0.05) is 26.0 Å². The highest BCUT2D eigenvalue weighted by Crippen LogP contribution is 2.29. The number of anilines is 1. The van der Waals surface area contributed by atoms with Crippen molar-refractivity contribution < 1.29 is 9.21 Å². The van der Waals surface area contributed by atoms with Crippen LogP contribution in [0.15, 0.2) is 51.6 Å². The molecule has 0 aliphatic rings. The number of hydrogen-bond donors (Lipinski definition) is 2. The Balaban J connectivity index is 1.59. The van der Waals surface area contributed by atoms with Gasteiger partial charge in [0.2, 0.25) is 11.7 Å². The summed E-state index contributed by atoms with van der Waals surface area (Å²) in [5.74, 6) is 0.208. The van der Waals surface area contributed by atoms with Crippen LogP contribution >= 0.6 is 27.5 Å². The minimum atomic E-state index is -0.185. The van der Waals surface area contributed by atoms with Crippen LogP contribution < -0.4 is 5.32 Å². The van der Waals surface area contributed by atoms with Gasteiger partial charge in [-0.1, -0.05) is 27.5 Å². The van der Waals surface area contributed by atoms with Crippen LogP contribution in [-0.4, -0.2) is 26.5 Å². The third kappa shape index (κ3) is 3.33. The zero-order valence-electron chi connectivity index (χ0n) is 13.2. The van der Waals surface area contributed by atoms with Gasteiger partial charge in [-0.15, -0.1) is 10.2 Å². The number of halogens is 2. The van der Waals surface area contributed by atoms with E-state index in [0.717, 1.165) is 15.4 Å². The summed E-state index contributed by atoms with van der Waals surface area (Å²) >= 11 is 9.36. The van der Waals surface area contributed by atoms with Gasteiger partial charge < -0.3 is 9.73 Å². The van der Waals surface area contributed by atoms with Crippen molar-refractivity contribution in [2.45, 2.75) is 6.42 Å². The van der Waals surface area contributed by atoms with Gasteiger partial charge in [0.25, 0.3) is 0 Å². The quantitative estimate of drug-likeness (QED) is 0.503. The van der Waals surface area contributed by atoms with E-state index in [1.165, 1.54) is 0 Å². The van der Waals surface area contributed by atoms with Crippen LogP contribution in [-0.2, 0) is 11.2 Å². The summed E-state index contributed by atoms with van der Waals surface area (Å²) in [6.07, 6.45) is 1.73. The molecule has 26 heavy (non-hydrogen) atoms. The number of tetrazole rings is 1. The van der Waals surface area contributed by atoms with E-state index < -0.39 is 0 Å². The van der Waals surface area contributed by atoms with E-state index in [1.54, 1.807) is 24.5 Å². The van der Waals surface area contributed by atoms with Crippen LogP contribution in [0.3, 0.4) is 0 Å². The SMILES string of the molecule is O=C(Cc1coc2cc(Cl)ccc12)Nc1ccc(Br)cc1-c1nn[nH]n1. The van der Waals surface area contributed by atoms with E-state index >= 15 is 0 Å². The Bertz CT molecular complexity index is 1090. The van der Waals surface area contributed by atoms with Gasteiger partial charge >= 0.3 is 0 Å². The lowest BCUT2D eigenvalue weighted by molar-refractivity contribution is -0.115. The molecule has 1 amide bonds. The molecule has 0 fully saturated rings. The molecule has 4 rings (SSSR count). The molecular formula is C17H11BrClN5O2. The predicted octanol–water partition coefficient (Wildman–Crippen LogP) is 4.21. The standard InChI is InChI=1S/C17H11BrClN5O2/c18-10-1-4-14(13(6-10)17-21-23-24-22-17)20-16(25)5-9-8-26-15-7-11(19)2-3-12(9)15/h1-4,6-8H,5H2,(H,20,25)(H,21,22,23,24). The summed E-state index contributed by atoms with van der Waals surface area (Å²) in [5.41, 5.74) is 2.68. The molecule has 0 atom stereocenters. The lowest BCUT2D eigenvalue weighted by atomic mass is 10.1. The molecule has 130 valence electrons. The summed E-state index contributed by atoms with van der Waals surface area (Å²) in [4.78, 5) is 12.5. The van der Waals surface area contributed by atoms with Crippen LogP contribution in [0, 0.1) is 0 Å². The first kappa shape index (κ1) is 16.7. The molecule has 0 bridgehead atoms. The summed E-state index contributed by atoms with van der Waals surface area (Å²) in [6.45, 7) is 0. The topological polar surface area (TPSA) is 96.7 Å². The number of rotatable bonds is 4. The molecule has 0 saturated heterocycles. The predicted molar refractivity (Wildman–Crippen MR) is 101 cm³/mol. The molecule has 0 unspecified atom stereocenters. The first-order chi connectivity index (χ1) is 12.6. The summed E-state index contributed by atoms with van der Waals surface area (Å²) < 4.78 is 6.32. The molecule has 2 heterocycles. The number of carbonyl (C=O) groups is 1. The van der Waals surface area contributed by atoms with E-state index in [0.29, 0.717) is 27.7 Å². The minimum Gasteiger partial charge on any atom is -0.464 e. The Kier molecular flexibility index (Phi) is 4.44. The first-order valence-corrected chi connectivity index (χ1v) is 8.76. The highest BCUT2D eigenvalue weighted by Gasteiger charge is 2.15. The number of aromatic nitrogens is 4. The molecule has 0 saturated carbocycles. The van der Waals surface area contributed by atoms with Crippen LogP contribution in [0.4, 0.5) is 5.69 Å². The summed E-state index contributed by atoms with van der Waals surface area (Å²) in [6, 6.07) is 10.8. The fraction of sp³-hybridized carbons (Fsp3) is 0.0588. The second kappa shape index (κ2) is 6.89. The van der Waals surface area contributed by atoms with E-state index in [4.69, 9.17) is 16.0 Å². The molecule has 7 nitrogen and oxygen atoms in total. The molecule has 4 aromatic rings. The van der Waals surface area contributed by atoms with Gasteiger partial charge in [-0.2, -0.15) is 5.21 Å². The number of furan rings is 1. The van der Waals surface area contributed by atoms with Crippen molar-refractivity contribution in [3.8, 4) is 11.4 Å². The minimum absolute atomic E-state index is 0.163. The molecule has 2 aromatic carbocycles. The zero-order chi connectivity index (χ0) is 18.1. The molecule has 9 heteroatoms. The van der Waals surface area contributed by atoms with E-state index in [1.807, 2.05) is 18.2 Å². The van der Waals surface area contributed by atoms with Gasteiger partial charge in [0.05, 0.1) is 18.4 Å². The monoisotopic (exact) mass is 431 g/mol. The van der Waals surface area contributed by atoms with Gasteiger partial charge in [-0.25, -0.2) is 0 Å². The fourth-order valence-electron chi connectivity index (χ4n) is 2.65. The third-order valence-electron chi connectivity index (χ3n) is 3.81. The normalized spacial score (nSPS) is 11.0. The Labute approximate surface area is 160 Å². The van der Waals surface area contributed by atoms with Gasteiger partial charge in [-0.3, -0.25) is 4.79 Å². The molecule has 0 spiro atoms.